The third-order valence-electron chi connectivity index (χ3n) is 3.86. The van der Waals surface area contributed by atoms with Gasteiger partial charge in [0.05, 0.1) is 6.42 Å². The minimum absolute atomic E-state index is 0.0367. The van der Waals surface area contributed by atoms with Crippen LogP contribution in [0.1, 0.15) is 42.9 Å². The molecule has 2 heteroatoms. The Labute approximate surface area is 127 Å². The van der Waals surface area contributed by atoms with E-state index in [4.69, 9.17) is 0 Å². The molecular formula is C19H23NO. The van der Waals surface area contributed by atoms with Crippen LogP contribution in [0.4, 0.5) is 5.69 Å². The lowest BCUT2D eigenvalue weighted by Crippen LogP contribution is -2.16. The second-order valence-corrected chi connectivity index (χ2v) is 5.61. The van der Waals surface area contributed by atoms with Crippen molar-refractivity contribution in [1.82, 2.24) is 0 Å². The summed E-state index contributed by atoms with van der Waals surface area (Å²) >= 11 is 0. The van der Waals surface area contributed by atoms with E-state index in [0.717, 1.165) is 17.7 Å². The average molecular weight is 281 g/mol. The summed E-state index contributed by atoms with van der Waals surface area (Å²) in [5, 5.41) is 3.05. The fourth-order valence-corrected chi connectivity index (χ4v) is 2.35. The summed E-state index contributed by atoms with van der Waals surface area (Å²) in [4.78, 5) is 12.2. The van der Waals surface area contributed by atoms with Gasteiger partial charge in [-0.05, 0) is 36.5 Å². The molecule has 110 valence electrons. The highest BCUT2D eigenvalue weighted by Gasteiger charge is 2.11. The number of hydrogen-bond acceptors (Lipinski definition) is 1. The number of benzene rings is 2. The first-order valence-corrected chi connectivity index (χ1v) is 7.54. The van der Waals surface area contributed by atoms with Crippen molar-refractivity contribution in [3.05, 3.63) is 65.2 Å². The molecule has 2 nitrogen and oxygen atoms in total. The van der Waals surface area contributed by atoms with E-state index in [1.54, 1.807) is 0 Å². The minimum atomic E-state index is 0.0367. The molecule has 0 saturated heterocycles. The number of anilines is 1. The van der Waals surface area contributed by atoms with E-state index >= 15 is 0 Å². The highest BCUT2D eigenvalue weighted by atomic mass is 16.1. The molecule has 2 aromatic rings. The lowest BCUT2D eigenvalue weighted by atomic mass is 9.97. The molecule has 1 N–H and O–H groups in total. The second kappa shape index (κ2) is 7.07. The van der Waals surface area contributed by atoms with Crippen LogP contribution in [0.25, 0.3) is 0 Å². The van der Waals surface area contributed by atoms with Crippen LogP contribution in [0, 0.1) is 6.92 Å². The van der Waals surface area contributed by atoms with Gasteiger partial charge in [-0.3, -0.25) is 4.79 Å². The Hall–Kier alpha value is -2.09. The second-order valence-electron chi connectivity index (χ2n) is 5.61. The first-order valence-electron chi connectivity index (χ1n) is 7.54. The van der Waals surface area contributed by atoms with E-state index in [1.807, 2.05) is 49.4 Å². The summed E-state index contributed by atoms with van der Waals surface area (Å²) in [5.41, 5.74) is 4.39. The van der Waals surface area contributed by atoms with Crippen molar-refractivity contribution in [3.63, 3.8) is 0 Å². The largest absolute Gasteiger partial charge is 0.326 e. The number of amides is 1. The molecule has 0 unspecified atom stereocenters. The highest BCUT2D eigenvalue weighted by molar-refractivity contribution is 5.93. The maximum absolute atomic E-state index is 12.2. The van der Waals surface area contributed by atoms with E-state index in [-0.39, 0.29) is 5.91 Å². The maximum Gasteiger partial charge on any atom is 0.228 e. The predicted molar refractivity (Wildman–Crippen MR) is 88.7 cm³/mol. The lowest BCUT2D eigenvalue weighted by Gasteiger charge is -2.15. The van der Waals surface area contributed by atoms with Crippen molar-refractivity contribution in [2.45, 2.75) is 39.5 Å². The van der Waals surface area contributed by atoms with Crippen LogP contribution in [0.3, 0.4) is 0 Å². The minimum Gasteiger partial charge on any atom is -0.326 e. The molecule has 0 aromatic heterocycles. The monoisotopic (exact) mass is 281 g/mol. The smallest absolute Gasteiger partial charge is 0.228 e. The number of nitrogens with one attached hydrogen (secondary N) is 1. The fourth-order valence-electron chi connectivity index (χ4n) is 2.35. The van der Waals surface area contributed by atoms with Gasteiger partial charge in [-0.15, -0.1) is 0 Å². The topological polar surface area (TPSA) is 29.1 Å². The maximum atomic E-state index is 12.2. The van der Waals surface area contributed by atoms with E-state index in [0.29, 0.717) is 12.3 Å². The van der Waals surface area contributed by atoms with Gasteiger partial charge in [0, 0.05) is 5.69 Å². The molecule has 0 saturated carbocycles. The Kier molecular flexibility index (Phi) is 5.15. The van der Waals surface area contributed by atoms with Crippen LogP contribution < -0.4 is 5.32 Å². The number of carbonyl (C=O) groups is 1. The van der Waals surface area contributed by atoms with Crippen molar-refractivity contribution >= 4 is 11.6 Å². The fraction of sp³-hybridized carbons (Fsp3) is 0.316. The van der Waals surface area contributed by atoms with Crippen molar-refractivity contribution in [3.8, 4) is 0 Å². The summed E-state index contributed by atoms with van der Waals surface area (Å²) in [7, 11) is 0. The van der Waals surface area contributed by atoms with E-state index in [9.17, 15) is 4.79 Å². The number of para-hydroxylation sites is 1. The third-order valence-corrected chi connectivity index (χ3v) is 3.86. The van der Waals surface area contributed by atoms with Crippen LogP contribution in [0.15, 0.2) is 48.5 Å². The Morgan fingerprint density at radius 3 is 2.43 bits per heavy atom. The molecule has 0 spiro atoms. The van der Waals surface area contributed by atoms with E-state index in [2.05, 4.69) is 25.2 Å². The van der Waals surface area contributed by atoms with Crippen LogP contribution in [-0.2, 0) is 11.2 Å². The van der Waals surface area contributed by atoms with Gasteiger partial charge in [0.15, 0.2) is 0 Å². The molecule has 0 aliphatic carbocycles. The normalized spacial score (nSPS) is 12.0. The number of rotatable bonds is 5. The van der Waals surface area contributed by atoms with Crippen LogP contribution in [0.2, 0.25) is 0 Å². The number of hydrogen-bond donors (Lipinski definition) is 1. The van der Waals surface area contributed by atoms with Gasteiger partial charge in [-0.2, -0.15) is 0 Å². The number of aryl methyl sites for hydroxylation is 1. The first-order chi connectivity index (χ1) is 10.1. The van der Waals surface area contributed by atoms with Gasteiger partial charge >= 0.3 is 0 Å². The molecule has 2 rings (SSSR count). The third kappa shape index (κ3) is 4.19. The van der Waals surface area contributed by atoms with Gasteiger partial charge < -0.3 is 5.32 Å². The first kappa shape index (κ1) is 15.3. The van der Waals surface area contributed by atoms with Crippen LogP contribution >= 0.6 is 0 Å². The van der Waals surface area contributed by atoms with Crippen LogP contribution in [-0.4, -0.2) is 5.91 Å². The zero-order valence-corrected chi connectivity index (χ0v) is 13.0. The molecular weight excluding hydrogens is 258 g/mol. The van der Waals surface area contributed by atoms with Crippen molar-refractivity contribution in [2.75, 3.05) is 5.32 Å². The Morgan fingerprint density at radius 1 is 1.10 bits per heavy atom. The summed E-state index contributed by atoms with van der Waals surface area (Å²) in [5.74, 6) is 0.482. The van der Waals surface area contributed by atoms with Crippen molar-refractivity contribution in [2.24, 2.45) is 0 Å². The summed E-state index contributed by atoms with van der Waals surface area (Å²) in [6.07, 6.45) is 1.47. The molecule has 0 heterocycles. The van der Waals surface area contributed by atoms with E-state index in [1.165, 1.54) is 11.1 Å². The Balaban J connectivity index is 2.07. The van der Waals surface area contributed by atoms with Crippen LogP contribution in [0.5, 0.6) is 0 Å². The molecule has 1 atom stereocenters. The SMILES string of the molecule is CC[C@H](C)c1ccccc1NC(=O)Cc1ccc(C)cc1. The van der Waals surface area contributed by atoms with Crippen molar-refractivity contribution in [1.29, 1.82) is 0 Å². The Morgan fingerprint density at radius 2 is 1.76 bits per heavy atom. The lowest BCUT2D eigenvalue weighted by molar-refractivity contribution is -0.115. The van der Waals surface area contributed by atoms with Crippen molar-refractivity contribution < 1.29 is 4.79 Å². The molecule has 0 bridgehead atoms. The molecule has 0 radical (unpaired) electrons. The summed E-state index contributed by atoms with van der Waals surface area (Å²) < 4.78 is 0. The van der Waals surface area contributed by atoms with Gasteiger partial charge in [0.1, 0.15) is 0 Å². The zero-order valence-electron chi connectivity index (χ0n) is 13.0. The standard InChI is InChI=1S/C19H23NO/c1-4-15(3)17-7-5-6-8-18(17)20-19(21)13-16-11-9-14(2)10-12-16/h5-12,15H,4,13H2,1-3H3,(H,20,21)/t15-/m0/s1. The number of carbonyl (C=O) groups excluding carboxylic acids is 1. The molecule has 0 aliphatic heterocycles. The molecule has 21 heavy (non-hydrogen) atoms. The van der Waals surface area contributed by atoms with Gasteiger partial charge in [-0.1, -0.05) is 61.9 Å². The van der Waals surface area contributed by atoms with Gasteiger partial charge in [-0.25, -0.2) is 0 Å². The zero-order chi connectivity index (χ0) is 15.2. The highest BCUT2D eigenvalue weighted by Crippen LogP contribution is 2.26. The van der Waals surface area contributed by atoms with Gasteiger partial charge in [0.25, 0.3) is 0 Å². The quantitative estimate of drug-likeness (QED) is 0.846. The molecule has 2 aromatic carbocycles. The average Bonchev–Trinajstić information content (AvgIpc) is 2.49. The summed E-state index contributed by atoms with van der Waals surface area (Å²) in [6, 6.07) is 16.2. The molecule has 0 fully saturated rings. The van der Waals surface area contributed by atoms with E-state index < -0.39 is 0 Å². The molecule has 1 amide bonds. The predicted octanol–water partition coefficient (Wildman–Crippen LogP) is 4.69. The summed E-state index contributed by atoms with van der Waals surface area (Å²) in [6.45, 7) is 6.40. The van der Waals surface area contributed by atoms with Gasteiger partial charge in [0.2, 0.25) is 5.91 Å². The Bertz CT molecular complexity index is 601. The molecule has 0 aliphatic rings.